The average Bonchev–Trinajstić information content (AvgIpc) is 2.61. The number of β-amino-alcohol motifs (C(OH)–C–C–N with tert-alkyl or cyclic N) is 1. The SMILES string of the molecule is Cc1nn(CCNCC2(O)CNCCOC2)c(C)c1Cl. The number of ether oxygens (including phenoxy) is 1. The number of nitrogens with zero attached hydrogens (tertiary/aromatic N) is 2. The molecule has 2 rings (SSSR count). The van der Waals surface area contributed by atoms with E-state index in [9.17, 15) is 5.11 Å². The molecule has 20 heavy (non-hydrogen) atoms. The predicted octanol–water partition coefficient (Wildman–Crippen LogP) is 0.0938. The van der Waals surface area contributed by atoms with Crippen molar-refractivity contribution in [3.05, 3.63) is 16.4 Å². The van der Waals surface area contributed by atoms with Gasteiger partial charge in [-0.05, 0) is 13.8 Å². The first kappa shape index (κ1) is 15.7. The lowest BCUT2D eigenvalue weighted by Gasteiger charge is -2.26. The van der Waals surface area contributed by atoms with Gasteiger partial charge in [0, 0.05) is 26.2 Å². The zero-order chi connectivity index (χ0) is 14.6. The van der Waals surface area contributed by atoms with E-state index in [2.05, 4.69) is 15.7 Å². The smallest absolute Gasteiger partial charge is 0.113 e. The van der Waals surface area contributed by atoms with Crippen LogP contribution in [-0.2, 0) is 11.3 Å². The van der Waals surface area contributed by atoms with Crippen molar-refractivity contribution < 1.29 is 9.84 Å². The molecule has 0 aromatic carbocycles. The van der Waals surface area contributed by atoms with E-state index in [-0.39, 0.29) is 0 Å². The fraction of sp³-hybridized carbons (Fsp3) is 0.769. The molecule has 1 aliphatic heterocycles. The molecule has 0 saturated carbocycles. The Kier molecular flexibility index (Phi) is 5.40. The number of nitrogens with one attached hydrogen (secondary N) is 2. The first-order valence-corrected chi connectivity index (χ1v) is 7.31. The normalized spacial score (nSPS) is 23.8. The van der Waals surface area contributed by atoms with Gasteiger partial charge in [-0.3, -0.25) is 4.68 Å². The summed E-state index contributed by atoms with van der Waals surface area (Å²) in [6.45, 7) is 8.14. The minimum Gasteiger partial charge on any atom is -0.385 e. The van der Waals surface area contributed by atoms with Crippen molar-refractivity contribution in [3.8, 4) is 0 Å². The molecular formula is C13H23ClN4O2. The number of hydrogen-bond acceptors (Lipinski definition) is 5. The zero-order valence-corrected chi connectivity index (χ0v) is 12.8. The summed E-state index contributed by atoms with van der Waals surface area (Å²) < 4.78 is 7.26. The first-order chi connectivity index (χ1) is 9.52. The highest BCUT2D eigenvalue weighted by molar-refractivity contribution is 6.31. The monoisotopic (exact) mass is 302 g/mol. The lowest BCUT2D eigenvalue weighted by atomic mass is 10.1. The van der Waals surface area contributed by atoms with E-state index in [0.717, 1.165) is 36.0 Å². The number of halogens is 1. The van der Waals surface area contributed by atoms with Crippen molar-refractivity contribution in [1.82, 2.24) is 20.4 Å². The molecule has 1 unspecified atom stereocenters. The zero-order valence-electron chi connectivity index (χ0n) is 12.1. The lowest BCUT2D eigenvalue weighted by molar-refractivity contribution is -0.0262. The fourth-order valence-electron chi connectivity index (χ4n) is 2.29. The molecule has 1 atom stereocenters. The summed E-state index contributed by atoms with van der Waals surface area (Å²) in [5.41, 5.74) is 0.983. The quantitative estimate of drug-likeness (QED) is 0.673. The van der Waals surface area contributed by atoms with Gasteiger partial charge >= 0.3 is 0 Å². The van der Waals surface area contributed by atoms with Gasteiger partial charge in [-0.25, -0.2) is 0 Å². The van der Waals surface area contributed by atoms with Crippen molar-refractivity contribution >= 4 is 11.6 Å². The molecule has 0 spiro atoms. The molecule has 6 nitrogen and oxygen atoms in total. The molecule has 1 aromatic heterocycles. The van der Waals surface area contributed by atoms with Crippen LogP contribution in [0.3, 0.4) is 0 Å². The van der Waals surface area contributed by atoms with Crippen LogP contribution in [0.25, 0.3) is 0 Å². The van der Waals surface area contributed by atoms with E-state index >= 15 is 0 Å². The molecule has 0 amide bonds. The number of hydrogen-bond donors (Lipinski definition) is 3. The van der Waals surface area contributed by atoms with Gasteiger partial charge in [-0.1, -0.05) is 11.6 Å². The maximum absolute atomic E-state index is 10.4. The maximum atomic E-state index is 10.4. The van der Waals surface area contributed by atoms with Gasteiger partial charge in [0.1, 0.15) is 5.60 Å². The Labute approximate surface area is 124 Å². The molecule has 2 heterocycles. The van der Waals surface area contributed by atoms with Crippen LogP contribution >= 0.6 is 11.6 Å². The summed E-state index contributed by atoms with van der Waals surface area (Å²) in [7, 11) is 0. The first-order valence-electron chi connectivity index (χ1n) is 6.93. The Morgan fingerprint density at radius 1 is 1.55 bits per heavy atom. The lowest BCUT2D eigenvalue weighted by Crippen LogP contribution is -2.50. The van der Waals surface area contributed by atoms with Crippen LogP contribution in [0.5, 0.6) is 0 Å². The Hall–Kier alpha value is -0.660. The van der Waals surface area contributed by atoms with E-state index in [1.54, 1.807) is 0 Å². The summed E-state index contributed by atoms with van der Waals surface area (Å²) in [4.78, 5) is 0. The standard InChI is InChI=1S/C13H23ClN4O2/c1-10-12(14)11(2)18(17-10)5-3-15-7-13(19)8-16-4-6-20-9-13/h15-16,19H,3-9H2,1-2H3. The third-order valence-corrected chi connectivity index (χ3v) is 4.04. The Morgan fingerprint density at radius 2 is 2.35 bits per heavy atom. The molecule has 1 aromatic rings. The third-order valence-electron chi connectivity index (χ3n) is 3.50. The minimum atomic E-state index is -0.844. The maximum Gasteiger partial charge on any atom is 0.113 e. The van der Waals surface area contributed by atoms with Crippen molar-refractivity contribution in [2.45, 2.75) is 26.0 Å². The third kappa shape index (κ3) is 3.93. The summed E-state index contributed by atoms with van der Waals surface area (Å²) in [6, 6.07) is 0. The van der Waals surface area contributed by atoms with E-state index in [1.807, 2.05) is 18.5 Å². The number of rotatable bonds is 5. The Balaban J connectivity index is 1.77. The van der Waals surface area contributed by atoms with Gasteiger partial charge in [-0.2, -0.15) is 5.10 Å². The van der Waals surface area contributed by atoms with Gasteiger partial charge in [0.2, 0.25) is 0 Å². The second kappa shape index (κ2) is 6.87. The van der Waals surface area contributed by atoms with Crippen LogP contribution < -0.4 is 10.6 Å². The van der Waals surface area contributed by atoms with Crippen molar-refractivity contribution in [3.63, 3.8) is 0 Å². The van der Waals surface area contributed by atoms with E-state index in [4.69, 9.17) is 16.3 Å². The summed E-state index contributed by atoms with van der Waals surface area (Å²) in [6.07, 6.45) is 0. The molecule has 0 bridgehead atoms. The second-order valence-electron chi connectivity index (χ2n) is 5.34. The average molecular weight is 303 g/mol. The largest absolute Gasteiger partial charge is 0.385 e. The van der Waals surface area contributed by atoms with Gasteiger partial charge in [0.15, 0.2) is 0 Å². The van der Waals surface area contributed by atoms with E-state index < -0.39 is 5.60 Å². The van der Waals surface area contributed by atoms with Gasteiger partial charge < -0.3 is 20.5 Å². The Morgan fingerprint density at radius 3 is 3.05 bits per heavy atom. The van der Waals surface area contributed by atoms with Crippen LogP contribution in [0, 0.1) is 13.8 Å². The molecule has 0 aliphatic carbocycles. The second-order valence-corrected chi connectivity index (χ2v) is 5.72. The summed E-state index contributed by atoms with van der Waals surface area (Å²) >= 11 is 6.10. The highest BCUT2D eigenvalue weighted by Crippen LogP contribution is 2.18. The number of aryl methyl sites for hydroxylation is 1. The molecular weight excluding hydrogens is 280 g/mol. The molecule has 1 fully saturated rings. The number of aliphatic hydroxyl groups is 1. The van der Waals surface area contributed by atoms with Crippen LogP contribution in [0.4, 0.5) is 0 Å². The van der Waals surface area contributed by atoms with E-state index in [0.29, 0.717) is 26.3 Å². The van der Waals surface area contributed by atoms with Crippen LogP contribution in [0.2, 0.25) is 5.02 Å². The van der Waals surface area contributed by atoms with Gasteiger partial charge in [0.05, 0.1) is 36.2 Å². The summed E-state index contributed by atoms with van der Waals surface area (Å²) in [5.74, 6) is 0. The molecule has 7 heteroatoms. The van der Waals surface area contributed by atoms with Gasteiger partial charge in [-0.15, -0.1) is 0 Å². The van der Waals surface area contributed by atoms with Crippen molar-refractivity contribution in [1.29, 1.82) is 0 Å². The summed E-state index contributed by atoms with van der Waals surface area (Å²) in [5, 5.41) is 21.9. The molecule has 0 radical (unpaired) electrons. The molecule has 1 saturated heterocycles. The van der Waals surface area contributed by atoms with Crippen LogP contribution in [-0.4, -0.2) is 59.9 Å². The number of aromatic nitrogens is 2. The highest BCUT2D eigenvalue weighted by atomic mass is 35.5. The Bertz CT molecular complexity index is 442. The minimum absolute atomic E-state index is 0.360. The predicted molar refractivity (Wildman–Crippen MR) is 78.2 cm³/mol. The van der Waals surface area contributed by atoms with Crippen molar-refractivity contribution in [2.24, 2.45) is 0 Å². The highest BCUT2D eigenvalue weighted by Gasteiger charge is 2.28. The van der Waals surface area contributed by atoms with E-state index in [1.165, 1.54) is 0 Å². The van der Waals surface area contributed by atoms with Crippen molar-refractivity contribution in [2.75, 3.05) is 39.4 Å². The molecule has 1 aliphatic rings. The molecule has 3 N–H and O–H groups in total. The molecule has 114 valence electrons. The van der Waals surface area contributed by atoms with Gasteiger partial charge in [0.25, 0.3) is 0 Å². The van der Waals surface area contributed by atoms with Crippen LogP contribution in [0.15, 0.2) is 0 Å². The van der Waals surface area contributed by atoms with Crippen LogP contribution in [0.1, 0.15) is 11.4 Å². The fourth-order valence-corrected chi connectivity index (χ4v) is 2.43. The topological polar surface area (TPSA) is 71.3 Å².